The molecule has 0 radical (unpaired) electrons. The topological polar surface area (TPSA) is 72.5 Å². The number of hydrogen-bond donors (Lipinski definition) is 1. The summed E-state index contributed by atoms with van der Waals surface area (Å²) in [5, 5.41) is -0.752. The third kappa shape index (κ3) is 3.24. The summed E-state index contributed by atoms with van der Waals surface area (Å²) in [6.07, 6.45) is 6.95. The fraction of sp³-hybridized carbons (Fsp3) is 0.750. The number of sulfonamides is 1. The number of esters is 1. The van der Waals surface area contributed by atoms with Crippen LogP contribution >= 0.6 is 0 Å². The molecule has 1 aliphatic carbocycles. The second kappa shape index (κ2) is 5.29. The van der Waals surface area contributed by atoms with Crippen molar-refractivity contribution in [3.05, 3.63) is 0 Å². The Balaban J connectivity index is 2.92. The van der Waals surface area contributed by atoms with Gasteiger partial charge in [-0.25, -0.2) is 8.42 Å². The first-order chi connectivity index (χ1) is 8.23. The smallest absolute Gasteiger partial charge is 0.310 e. The molecule has 18 heavy (non-hydrogen) atoms. The number of terminal acetylenes is 1. The highest BCUT2D eigenvalue weighted by atomic mass is 32.2. The van der Waals surface area contributed by atoms with E-state index in [1.807, 2.05) is 0 Å². The van der Waals surface area contributed by atoms with Crippen molar-refractivity contribution in [2.45, 2.75) is 43.9 Å². The zero-order valence-electron chi connectivity index (χ0n) is 10.9. The first kappa shape index (κ1) is 15.0. The SMILES string of the molecule is C#CC(C)(C)NS(=O)(=O)C1CCCC1C(=O)OC. The Morgan fingerprint density at radius 2 is 2.06 bits per heavy atom. The van der Waals surface area contributed by atoms with Gasteiger partial charge in [0.1, 0.15) is 0 Å². The van der Waals surface area contributed by atoms with Gasteiger partial charge in [-0.15, -0.1) is 6.42 Å². The lowest BCUT2D eigenvalue weighted by Crippen LogP contribution is -2.48. The van der Waals surface area contributed by atoms with Crippen molar-refractivity contribution in [2.24, 2.45) is 5.92 Å². The quantitative estimate of drug-likeness (QED) is 0.603. The maximum atomic E-state index is 12.2. The highest BCUT2D eigenvalue weighted by molar-refractivity contribution is 7.90. The molecule has 1 N–H and O–H groups in total. The Labute approximate surface area is 108 Å². The first-order valence-corrected chi connectivity index (χ1v) is 7.36. The van der Waals surface area contributed by atoms with Crippen LogP contribution in [0.4, 0.5) is 0 Å². The van der Waals surface area contributed by atoms with Gasteiger partial charge < -0.3 is 4.74 Å². The molecule has 2 atom stereocenters. The number of carbonyl (C=O) groups excluding carboxylic acids is 1. The zero-order chi connectivity index (χ0) is 14.0. The highest BCUT2D eigenvalue weighted by Gasteiger charge is 2.43. The summed E-state index contributed by atoms with van der Waals surface area (Å²) in [5.74, 6) is 1.31. The third-order valence-corrected chi connectivity index (χ3v) is 5.27. The van der Waals surface area contributed by atoms with Crippen molar-refractivity contribution >= 4 is 16.0 Å². The molecule has 0 aromatic rings. The normalized spacial score (nSPS) is 24.6. The maximum Gasteiger partial charge on any atom is 0.310 e. The minimum absolute atomic E-state index is 0.454. The van der Waals surface area contributed by atoms with Gasteiger partial charge in [-0.3, -0.25) is 4.79 Å². The van der Waals surface area contributed by atoms with Crippen molar-refractivity contribution in [3.8, 4) is 12.3 Å². The average Bonchev–Trinajstić information content (AvgIpc) is 2.76. The molecule has 1 fully saturated rings. The number of nitrogens with one attached hydrogen (secondary N) is 1. The summed E-state index contributed by atoms with van der Waals surface area (Å²) in [7, 11) is -2.36. The Morgan fingerprint density at radius 3 is 2.56 bits per heavy atom. The van der Waals surface area contributed by atoms with Crippen LogP contribution in [0.15, 0.2) is 0 Å². The van der Waals surface area contributed by atoms with Gasteiger partial charge in [0, 0.05) is 0 Å². The van der Waals surface area contributed by atoms with Gasteiger partial charge in [0.05, 0.1) is 23.8 Å². The molecular formula is C12H19NO4S. The highest BCUT2D eigenvalue weighted by Crippen LogP contribution is 2.32. The monoisotopic (exact) mass is 273 g/mol. The number of methoxy groups -OCH3 is 1. The molecule has 6 heteroatoms. The summed E-state index contributed by atoms with van der Waals surface area (Å²) < 4.78 is 31.6. The maximum absolute atomic E-state index is 12.2. The average molecular weight is 273 g/mol. The van der Waals surface area contributed by atoms with Crippen LogP contribution in [-0.4, -0.2) is 32.3 Å². The van der Waals surface area contributed by atoms with Crippen molar-refractivity contribution in [2.75, 3.05) is 7.11 Å². The molecule has 0 aromatic carbocycles. The molecule has 5 nitrogen and oxygen atoms in total. The molecule has 0 spiro atoms. The summed E-state index contributed by atoms with van der Waals surface area (Å²) in [6.45, 7) is 3.21. The molecule has 0 bridgehead atoms. The Kier molecular flexibility index (Phi) is 4.41. The van der Waals surface area contributed by atoms with Crippen LogP contribution in [0.5, 0.6) is 0 Å². The van der Waals surface area contributed by atoms with Crippen LogP contribution in [-0.2, 0) is 19.6 Å². The minimum atomic E-state index is -3.63. The second-order valence-electron chi connectivity index (χ2n) is 5.02. The van der Waals surface area contributed by atoms with Crippen LogP contribution in [0.3, 0.4) is 0 Å². The molecule has 0 aromatic heterocycles. The summed E-state index contributed by atoms with van der Waals surface area (Å²) in [6, 6.07) is 0. The Bertz CT molecular complexity index is 461. The number of ether oxygens (including phenoxy) is 1. The second-order valence-corrected chi connectivity index (χ2v) is 6.92. The van der Waals surface area contributed by atoms with Gasteiger partial charge >= 0.3 is 5.97 Å². The summed E-state index contributed by atoms with van der Waals surface area (Å²) in [5.41, 5.74) is -0.956. The number of rotatable bonds is 4. The van der Waals surface area contributed by atoms with E-state index in [2.05, 4.69) is 15.4 Å². The number of carbonyl (C=O) groups is 1. The van der Waals surface area contributed by atoms with Crippen molar-refractivity contribution in [1.29, 1.82) is 0 Å². The van der Waals surface area contributed by atoms with Gasteiger partial charge in [-0.05, 0) is 26.7 Å². The zero-order valence-corrected chi connectivity index (χ0v) is 11.7. The van der Waals surface area contributed by atoms with Crippen molar-refractivity contribution in [3.63, 3.8) is 0 Å². The van der Waals surface area contributed by atoms with E-state index in [1.54, 1.807) is 13.8 Å². The molecule has 0 saturated heterocycles. The molecule has 0 amide bonds. The van der Waals surface area contributed by atoms with Gasteiger partial charge in [-0.2, -0.15) is 4.72 Å². The van der Waals surface area contributed by atoms with Gasteiger partial charge in [0.2, 0.25) is 10.0 Å². The lowest BCUT2D eigenvalue weighted by molar-refractivity contribution is -0.145. The summed E-state index contributed by atoms with van der Waals surface area (Å²) >= 11 is 0. The standard InChI is InChI=1S/C12H19NO4S/c1-5-12(2,3)13-18(15,16)10-8-6-7-9(10)11(14)17-4/h1,9-10,13H,6-8H2,2-4H3. The minimum Gasteiger partial charge on any atom is -0.469 e. The van der Waals surface area contributed by atoms with Gasteiger partial charge in [-0.1, -0.05) is 12.3 Å². The van der Waals surface area contributed by atoms with Crippen LogP contribution in [0, 0.1) is 18.3 Å². The van der Waals surface area contributed by atoms with E-state index in [4.69, 9.17) is 6.42 Å². The van der Waals surface area contributed by atoms with E-state index in [0.29, 0.717) is 19.3 Å². The molecule has 0 aliphatic heterocycles. The summed E-state index contributed by atoms with van der Waals surface area (Å²) in [4.78, 5) is 11.6. The molecular weight excluding hydrogens is 254 g/mol. The van der Waals surface area contributed by atoms with Crippen molar-refractivity contribution in [1.82, 2.24) is 4.72 Å². The van der Waals surface area contributed by atoms with E-state index >= 15 is 0 Å². The molecule has 1 rings (SSSR count). The van der Waals surface area contributed by atoms with Crippen LogP contribution in [0.25, 0.3) is 0 Å². The largest absolute Gasteiger partial charge is 0.469 e. The van der Waals surface area contributed by atoms with E-state index in [1.165, 1.54) is 7.11 Å². The Morgan fingerprint density at radius 1 is 1.44 bits per heavy atom. The molecule has 1 saturated carbocycles. The first-order valence-electron chi connectivity index (χ1n) is 5.82. The van der Waals surface area contributed by atoms with Crippen molar-refractivity contribution < 1.29 is 17.9 Å². The lowest BCUT2D eigenvalue weighted by atomic mass is 10.1. The van der Waals surface area contributed by atoms with E-state index < -0.39 is 32.7 Å². The molecule has 102 valence electrons. The number of hydrogen-bond acceptors (Lipinski definition) is 4. The lowest BCUT2D eigenvalue weighted by Gasteiger charge is -2.24. The molecule has 2 unspecified atom stereocenters. The van der Waals surface area contributed by atoms with Gasteiger partial charge in [0.25, 0.3) is 0 Å². The molecule has 0 heterocycles. The van der Waals surface area contributed by atoms with Crippen LogP contribution in [0.1, 0.15) is 33.1 Å². The van der Waals surface area contributed by atoms with E-state index in [0.717, 1.165) is 0 Å². The molecule has 1 aliphatic rings. The van der Waals surface area contributed by atoms with E-state index in [9.17, 15) is 13.2 Å². The fourth-order valence-electron chi connectivity index (χ4n) is 2.18. The predicted octanol–water partition coefficient (Wildman–Crippen LogP) is 0.659. The van der Waals surface area contributed by atoms with E-state index in [-0.39, 0.29) is 0 Å². The van der Waals surface area contributed by atoms with Crippen LogP contribution in [0.2, 0.25) is 0 Å². The fourth-order valence-corrected chi connectivity index (χ4v) is 4.26. The van der Waals surface area contributed by atoms with Gasteiger partial charge in [0.15, 0.2) is 0 Å². The van der Waals surface area contributed by atoms with Crippen LogP contribution < -0.4 is 4.72 Å². The predicted molar refractivity (Wildman–Crippen MR) is 68.1 cm³/mol. The Hall–Kier alpha value is -1.06. The third-order valence-electron chi connectivity index (χ3n) is 3.11.